The summed E-state index contributed by atoms with van der Waals surface area (Å²) in [4.78, 5) is 0. The van der Waals surface area contributed by atoms with Crippen molar-refractivity contribution in [3.63, 3.8) is 0 Å². The van der Waals surface area contributed by atoms with E-state index < -0.39 is 12.6 Å². The van der Waals surface area contributed by atoms with Crippen molar-refractivity contribution in [1.82, 2.24) is 9.59 Å². The van der Waals surface area contributed by atoms with Crippen LogP contribution in [0.3, 0.4) is 0 Å². The Kier molecular flexibility index (Phi) is 3.64. The third kappa shape index (κ3) is 3.88. The highest BCUT2D eigenvalue weighted by molar-refractivity contribution is 7.09. The van der Waals surface area contributed by atoms with Crippen molar-refractivity contribution in [3.05, 3.63) is 5.69 Å². The summed E-state index contributed by atoms with van der Waals surface area (Å²) < 4.78 is 43.3. The predicted molar refractivity (Wildman–Crippen MR) is 44.6 cm³/mol. The fourth-order valence-corrected chi connectivity index (χ4v) is 1.10. The molecule has 0 saturated carbocycles. The molecule has 0 aliphatic rings. The molecular weight excluding hydrogens is 219 g/mol. The molecule has 1 aromatic rings. The minimum Gasteiger partial charge on any atom is -0.388 e. The zero-order chi connectivity index (χ0) is 10.6. The van der Waals surface area contributed by atoms with Crippen LogP contribution < -0.4 is 5.73 Å². The summed E-state index contributed by atoms with van der Waals surface area (Å²) in [6, 6.07) is 0. The highest BCUT2D eigenvalue weighted by Gasteiger charge is 2.26. The molecule has 0 amide bonds. The largest absolute Gasteiger partial charge is 0.391 e. The van der Waals surface area contributed by atoms with Crippen LogP contribution in [0.2, 0.25) is 0 Å². The lowest BCUT2D eigenvalue weighted by Gasteiger charge is -2.05. The van der Waals surface area contributed by atoms with Gasteiger partial charge in [0, 0.05) is 11.5 Å². The summed E-state index contributed by atoms with van der Waals surface area (Å²) in [6.45, 7) is -0.418. The molecule has 0 radical (unpaired) electrons. The molecule has 0 aromatic carbocycles. The Labute approximate surface area is 82.0 Å². The summed E-state index contributed by atoms with van der Waals surface area (Å²) in [5.41, 5.74) is 5.79. The first-order valence-electron chi connectivity index (χ1n) is 3.70. The first-order valence-corrected chi connectivity index (χ1v) is 4.47. The van der Waals surface area contributed by atoms with Crippen LogP contribution in [-0.4, -0.2) is 22.4 Å². The fraction of sp³-hybridized carbons (Fsp3) is 0.667. The normalized spacial score (nSPS) is 11.9. The lowest BCUT2D eigenvalue weighted by Crippen LogP contribution is -2.11. The molecule has 0 fully saturated rings. The maximum Gasteiger partial charge on any atom is 0.391 e. The van der Waals surface area contributed by atoms with Crippen LogP contribution >= 0.6 is 11.5 Å². The number of anilines is 1. The van der Waals surface area contributed by atoms with Gasteiger partial charge < -0.3 is 10.5 Å². The van der Waals surface area contributed by atoms with E-state index in [0.29, 0.717) is 10.7 Å². The first-order chi connectivity index (χ1) is 6.49. The number of hydrogen-bond donors (Lipinski definition) is 1. The first kappa shape index (κ1) is 11.2. The number of nitrogens with zero attached hydrogens (tertiary/aromatic N) is 2. The molecule has 4 nitrogen and oxygen atoms in total. The SMILES string of the molecule is Nc1snnc1COCCC(F)(F)F. The molecule has 14 heavy (non-hydrogen) atoms. The molecule has 80 valence electrons. The topological polar surface area (TPSA) is 61.0 Å². The molecule has 0 atom stereocenters. The summed E-state index contributed by atoms with van der Waals surface area (Å²) in [7, 11) is 0. The standard InChI is InChI=1S/C6H8F3N3OS/c7-6(8,9)1-2-13-3-4-5(10)14-12-11-4/h1-3,10H2. The number of halogens is 3. The van der Waals surface area contributed by atoms with Crippen molar-refractivity contribution in [2.45, 2.75) is 19.2 Å². The van der Waals surface area contributed by atoms with E-state index >= 15 is 0 Å². The summed E-state index contributed by atoms with van der Waals surface area (Å²) in [6.07, 6.45) is -5.16. The second-order valence-electron chi connectivity index (χ2n) is 2.50. The van der Waals surface area contributed by atoms with Gasteiger partial charge in [-0.2, -0.15) is 13.2 Å². The van der Waals surface area contributed by atoms with Gasteiger partial charge in [0.05, 0.1) is 19.6 Å². The van der Waals surface area contributed by atoms with E-state index in [-0.39, 0.29) is 13.2 Å². The van der Waals surface area contributed by atoms with Gasteiger partial charge in [0.25, 0.3) is 0 Å². The number of nitrogens with two attached hydrogens (primary N) is 1. The fourth-order valence-electron chi connectivity index (χ4n) is 0.672. The van der Waals surface area contributed by atoms with Gasteiger partial charge in [0.1, 0.15) is 10.7 Å². The second-order valence-corrected chi connectivity index (χ2v) is 3.29. The number of rotatable bonds is 4. The van der Waals surface area contributed by atoms with E-state index in [1.807, 2.05) is 0 Å². The molecule has 1 aromatic heterocycles. The van der Waals surface area contributed by atoms with Gasteiger partial charge in [0.2, 0.25) is 0 Å². The molecule has 0 unspecified atom stereocenters. The number of aromatic nitrogens is 2. The molecule has 8 heteroatoms. The van der Waals surface area contributed by atoms with E-state index in [9.17, 15) is 13.2 Å². The minimum atomic E-state index is -4.19. The van der Waals surface area contributed by atoms with Crippen molar-refractivity contribution in [3.8, 4) is 0 Å². The molecule has 0 saturated heterocycles. The van der Waals surface area contributed by atoms with Gasteiger partial charge in [-0.15, -0.1) is 5.10 Å². The third-order valence-electron chi connectivity index (χ3n) is 1.35. The van der Waals surface area contributed by atoms with Crippen molar-refractivity contribution in [1.29, 1.82) is 0 Å². The molecule has 0 aliphatic heterocycles. The van der Waals surface area contributed by atoms with Gasteiger partial charge >= 0.3 is 6.18 Å². The van der Waals surface area contributed by atoms with Gasteiger partial charge in [-0.25, -0.2) is 0 Å². The maximum absolute atomic E-state index is 11.7. The lowest BCUT2D eigenvalue weighted by atomic mass is 10.4. The second kappa shape index (κ2) is 4.56. The Morgan fingerprint density at radius 3 is 2.64 bits per heavy atom. The quantitative estimate of drug-likeness (QED) is 0.793. The van der Waals surface area contributed by atoms with Crippen molar-refractivity contribution >= 4 is 16.5 Å². The number of alkyl halides is 3. The lowest BCUT2D eigenvalue weighted by molar-refractivity contribution is -0.146. The Balaban J connectivity index is 2.20. The van der Waals surface area contributed by atoms with Crippen LogP contribution in [0.1, 0.15) is 12.1 Å². The summed E-state index contributed by atoms with van der Waals surface area (Å²) in [5, 5.41) is 3.96. The van der Waals surface area contributed by atoms with Gasteiger partial charge in [-0.05, 0) is 0 Å². The smallest absolute Gasteiger partial charge is 0.388 e. The molecule has 1 heterocycles. The summed E-state index contributed by atoms with van der Waals surface area (Å²) in [5.74, 6) is 0. The number of hydrogen-bond acceptors (Lipinski definition) is 5. The van der Waals surface area contributed by atoms with Gasteiger partial charge in [-0.1, -0.05) is 4.49 Å². The number of ether oxygens (including phenoxy) is 1. The summed E-state index contributed by atoms with van der Waals surface area (Å²) >= 11 is 0.982. The van der Waals surface area contributed by atoms with E-state index in [4.69, 9.17) is 10.5 Å². The van der Waals surface area contributed by atoms with Crippen molar-refractivity contribution in [2.24, 2.45) is 0 Å². The van der Waals surface area contributed by atoms with Crippen molar-refractivity contribution < 1.29 is 17.9 Å². The highest BCUT2D eigenvalue weighted by Crippen LogP contribution is 2.20. The predicted octanol–water partition coefficient (Wildman–Crippen LogP) is 1.59. The van der Waals surface area contributed by atoms with E-state index in [0.717, 1.165) is 11.5 Å². The monoisotopic (exact) mass is 227 g/mol. The molecule has 0 spiro atoms. The minimum absolute atomic E-state index is 0.0294. The molecule has 2 N–H and O–H groups in total. The van der Waals surface area contributed by atoms with Crippen LogP contribution in [0.5, 0.6) is 0 Å². The average molecular weight is 227 g/mol. The molecular formula is C6H8F3N3OS. The van der Waals surface area contributed by atoms with Crippen LogP contribution in [0, 0.1) is 0 Å². The van der Waals surface area contributed by atoms with Gasteiger partial charge in [0.15, 0.2) is 0 Å². The Hall–Kier alpha value is -0.890. The highest BCUT2D eigenvalue weighted by atomic mass is 32.1. The van der Waals surface area contributed by atoms with E-state index in [2.05, 4.69) is 9.59 Å². The molecule has 1 rings (SSSR count). The Bertz CT molecular complexity index is 288. The van der Waals surface area contributed by atoms with Crippen LogP contribution in [0.4, 0.5) is 18.2 Å². The van der Waals surface area contributed by atoms with Crippen LogP contribution in [0.15, 0.2) is 0 Å². The zero-order valence-electron chi connectivity index (χ0n) is 7.04. The van der Waals surface area contributed by atoms with Crippen LogP contribution in [-0.2, 0) is 11.3 Å². The van der Waals surface area contributed by atoms with Gasteiger partial charge in [-0.3, -0.25) is 0 Å². The van der Waals surface area contributed by atoms with E-state index in [1.165, 1.54) is 0 Å². The van der Waals surface area contributed by atoms with E-state index in [1.54, 1.807) is 0 Å². The maximum atomic E-state index is 11.7. The average Bonchev–Trinajstić information content (AvgIpc) is 2.44. The third-order valence-corrected chi connectivity index (χ3v) is 1.95. The zero-order valence-corrected chi connectivity index (χ0v) is 7.86. The number of nitrogen functional groups attached to an aromatic ring is 1. The van der Waals surface area contributed by atoms with Crippen LogP contribution in [0.25, 0.3) is 0 Å². The molecule has 0 aliphatic carbocycles. The van der Waals surface area contributed by atoms with Crippen molar-refractivity contribution in [2.75, 3.05) is 12.3 Å². The Morgan fingerprint density at radius 1 is 1.43 bits per heavy atom. The Morgan fingerprint density at radius 2 is 2.14 bits per heavy atom. The molecule has 0 bridgehead atoms.